The molecule has 0 unspecified atom stereocenters. The van der Waals surface area contributed by atoms with Crippen LogP contribution < -0.4 is 15.1 Å². The summed E-state index contributed by atoms with van der Waals surface area (Å²) in [6, 6.07) is 12.2. The van der Waals surface area contributed by atoms with Crippen molar-refractivity contribution < 1.29 is 35.1 Å². The number of nitrogens with one attached hydrogen (secondary N) is 1. The van der Waals surface area contributed by atoms with Crippen LogP contribution in [0, 0.1) is 0 Å². The number of halogens is 2. The number of para-hydroxylation sites is 2. The average molecular weight is 666 g/mol. The molecule has 6 N–H and O–H groups in total. The van der Waals surface area contributed by atoms with Gasteiger partial charge in [-0.3, -0.25) is 14.9 Å². The largest absolute Gasteiger partial charge is 0.394 e. The molecule has 2 aliphatic carbocycles. The molecular formula is C32H42Cl2N4O7. The van der Waals surface area contributed by atoms with Gasteiger partial charge in [0, 0.05) is 55.7 Å². The molecule has 0 saturated heterocycles. The van der Waals surface area contributed by atoms with E-state index in [-0.39, 0.29) is 31.2 Å². The number of amides is 2. The maximum Gasteiger partial charge on any atom is 0.247 e. The quantitative estimate of drug-likeness (QED) is 0.176. The highest BCUT2D eigenvalue weighted by molar-refractivity contribution is 6.34. The Bertz CT molecular complexity index is 1390. The molecule has 2 fully saturated rings. The summed E-state index contributed by atoms with van der Waals surface area (Å²) in [4.78, 5) is 32.1. The van der Waals surface area contributed by atoms with Crippen LogP contribution in [0.4, 0.5) is 11.4 Å². The molecule has 13 heteroatoms. The topological polar surface area (TPSA) is 157 Å². The van der Waals surface area contributed by atoms with Gasteiger partial charge >= 0.3 is 0 Å². The van der Waals surface area contributed by atoms with Crippen molar-refractivity contribution in [2.45, 2.75) is 81.1 Å². The fourth-order valence-electron chi connectivity index (χ4n) is 5.92. The van der Waals surface area contributed by atoms with Gasteiger partial charge in [0.1, 0.15) is 24.4 Å². The summed E-state index contributed by atoms with van der Waals surface area (Å²) >= 11 is 13.2. The van der Waals surface area contributed by atoms with Crippen LogP contribution in [0.1, 0.15) is 43.2 Å². The third-order valence-electron chi connectivity index (χ3n) is 9.09. The number of benzene rings is 2. The number of nitrogens with zero attached hydrogens (tertiary/aromatic N) is 3. The van der Waals surface area contributed by atoms with E-state index in [1.165, 1.54) is 24.8 Å². The summed E-state index contributed by atoms with van der Waals surface area (Å²) in [6.07, 6.45) is -2.50. The zero-order chi connectivity index (χ0) is 32.5. The van der Waals surface area contributed by atoms with Gasteiger partial charge in [-0.2, -0.15) is 0 Å². The third kappa shape index (κ3) is 7.58. The maximum atomic E-state index is 13.8. The van der Waals surface area contributed by atoms with Crippen molar-refractivity contribution in [2.75, 3.05) is 43.1 Å². The molecular weight excluding hydrogens is 623 g/mol. The number of likely N-dealkylation sites (N-methyl/N-ethyl adjacent to an activating group) is 1. The van der Waals surface area contributed by atoms with Gasteiger partial charge in [0.05, 0.1) is 23.5 Å². The number of hydrogen-bond donors (Lipinski definition) is 6. The lowest BCUT2D eigenvalue weighted by Gasteiger charge is -2.39. The Labute approximate surface area is 272 Å². The van der Waals surface area contributed by atoms with E-state index in [0.29, 0.717) is 34.7 Å². The first-order valence-corrected chi connectivity index (χ1v) is 16.2. The zero-order valence-electron chi connectivity index (χ0n) is 25.3. The van der Waals surface area contributed by atoms with Crippen molar-refractivity contribution in [3.63, 3.8) is 0 Å². The molecule has 3 aliphatic rings. The normalized spacial score (nSPS) is 19.8. The van der Waals surface area contributed by atoms with Crippen LogP contribution in [0.5, 0.6) is 0 Å². The molecule has 2 amide bonds. The monoisotopic (exact) mass is 664 g/mol. The summed E-state index contributed by atoms with van der Waals surface area (Å²) in [6.45, 7) is 0.748. The van der Waals surface area contributed by atoms with Gasteiger partial charge < -0.3 is 40.2 Å². The molecule has 4 atom stereocenters. The molecule has 2 aromatic carbocycles. The first kappa shape index (κ1) is 33.9. The van der Waals surface area contributed by atoms with E-state index in [1.54, 1.807) is 12.1 Å². The number of rotatable bonds is 14. The zero-order valence-corrected chi connectivity index (χ0v) is 26.8. The molecule has 0 aromatic heterocycles. The van der Waals surface area contributed by atoms with E-state index >= 15 is 0 Å². The second kappa shape index (κ2) is 14.1. The highest BCUT2D eigenvalue weighted by Crippen LogP contribution is 2.44. The lowest BCUT2D eigenvalue weighted by Crippen LogP contribution is -2.53. The molecule has 11 nitrogen and oxygen atoms in total. The van der Waals surface area contributed by atoms with Crippen molar-refractivity contribution in [1.82, 2.24) is 10.2 Å². The molecule has 0 spiro atoms. The van der Waals surface area contributed by atoms with Gasteiger partial charge in [-0.25, -0.2) is 0 Å². The molecule has 1 heterocycles. The third-order valence-corrected chi connectivity index (χ3v) is 9.80. The van der Waals surface area contributed by atoms with Crippen LogP contribution >= 0.6 is 23.2 Å². The van der Waals surface area contributed by atoms with Crippen LogP contribution in [0.2, 0.25) is 10.0 Å². The van der Waals surface area contributed by atoms with Crippen LogP contribution in [0.3, 0.4) is 0 Å². The second-order valence-corrected chi connectivity index (χ2v) is 13.2. The summed E-state index contributed by atoms with van der Waals surface area (Å²) in [7, 11) is 1.44. The number of aryl methyl sites for hydroxylation is 1. The van der Waals surface area contributed by atoms with Crippen LogP contribution in [-0.2, 0) is 22.6 Å². The molecule has 2 saturated carbocycles. The van der Waals surface area contributed by atoms with E-state index in [9.17, 15) is 30.0 Å². The molecule has 2 aromatic rings. The highest BCUT2D eigenvalue weighted by Gasteiger charge is 2.52. The molecule has 45 heavy (non-hydrogen) atoms. The summed E-state index contributed by atoms with van der Waals surface area (Å²) in [5, 5.41) is 52.8. The first-order valence-electron chi connectivity index (χ1n) is 15.4. The number of aliphatic hydroxyl groups is 5. The second-order valence-electron chi connectivity index (χ2n) is 12.4. The van der Waals surface area contributed by atoms with Gasteiger partial charge in [0.25, 0.3) is 0 Å². The Morgan fingerprint density at radius 1 is 0.978 bits per heavy atom. The predicted octanol–water partition coefficient (Wildman–Crippen LogP) is 1.46. The minimum atomic E-state index is -1.77. The van der Waals surface area contributed by atoms with Crippen LogP contribution in [-0.4, -0.2) is 112 Å². The number of aliphatic hydroxyl groups excluding tert-OH is 5. The van der Waals surface area contributed by atoms with Crippen molar-refractivity contribution in [3.8, 4) is 0 Å². The molecule has 1 aliphatic heterocycles. The Morgan fingerprint density at radius 3 is 2.24 bits per heavy atom. The average Bonchev–Trinajstić information content (AvgIpc) is 3.98. The molecule has 246 valence electrons. The number of carbonyl (C=O) groups is 2. The Balaban J connectivity index is 1.15. The molecule has 0 bridgehead atoms. The Morgan fingerprint density at radius 2 is 1.60 bits per heavy atom. The number of anilines is 2. The fraction of sp³-hybridized carbons (Fsp3) is 0.562. The van der Waals surface area contributed by atoms with E-state index in [0.717, 1.165) is 36.3 Å². The van der Waals surface area contributed by atoms with Crippen LogP contribution in [0.15, 0.2) is 36.4 Å². The SMILES string of the molecule is CN(C[C@H](O)[C@@H](O)[C@@H](O)[C@H](O)CO)C(=O)CCc1cc(Cl)c(CNC2(C(=O)N3CCN(C4CC4)c4ccccc43)CC2)cc1Cl. The van der Waals surface area contributed by atoms with Crippen molar-refractivity contribution in [2.24, 2.45) is 0 Å². The minimum Gasteiger partial charge on any atom is -0.394 e. The van der Waals surface area contributed by atoms with Gasteiger partial charge in [-0.1, -0.05) is 35.3 Å². The van der Waals surface area contributed by atoms with Gasteiger partial charge in [-0.05, 0) is 67.5 Å². The maximum absolute atomic E-state index is 13.8. The summed E-state index contributed by atoms with van der Waals surface area (Å²) in [5.41, 5.74) is 2.84. The Hall–Kier alpha value is -2.48. The van der Waals surface area contributed by atoms with E-state index in [1.807, 2.05) is 23.1 Å². The van der Waals surface area contributed by atoms with E-state index < -0.39 is 36.6 Å². The number of hydrogen-bond acceptors (Lipinski definition) is 9. The van der Waals surface area contributed by atoms with Crippen molar-refractivity contribution in [1.29, 1.82) is 0 Å². The van der Waals surface area contributed by atoms with Gasteiger partial charge in [0.15, 0.2) is 0 Å². The lowest BCUT2D eigenvalue weighted by atomic mass is 10.0. The minimum absolute atomic E-state index is 0.0435. The predicted molar refractivity (Wildman–Crippen MR) is 172 cm³/mol. The molecule has 0 radical (unpaired) electrons. The Kier molecular flexibility index (Phi) is 10.6. The highest BCUT2D eigenvalue weighted by atomic mass is 35.5. The standard InChI is InChI=1S/C32H42Cl2N4O7/c1-36(17-26(40)29(43)30(44)27(41)18-39)28(42)9-6-19-14-23(34)20(15-22(19)33)16-35-32(10-11-32)31(45)38-13-12-37(21-7-8-21)24-4-2-3-5-25(24)38/h2-5,14-15,21,26-27,29-30,35,39-41,43-44H,6-13,16-18H2,1H3/t26-,27+,29+,30-/m0/s1. The van der Waals surface area contributed by atoms with E-state index in [4.69, 9.17) is 28.3 Å². The molecule has 5 rings (SSSR count). The fourth-order valence-corrected chi connectivity index (χ4v) is 6.45. The first-order chi connectivity index (χ1) is 21.5. The van der Waals surface area contributed by atoms with Crippen molar-refractivity contribution >= 4 is 46.4 Å². The van der Waals surface area contributed by atoms with E-state index in [2.05, 4.69) is 16.3 Å². The summed E-state index contributed by atoms with van der Waals surface area (Å²) in [5.74, 6) is -0.270. The summed E-state index contributed by atoms with van der Waals surface area (Å²) < 4.78 is 0. The smallest absolute Gasteiger partial charge is 0.247 e. The number of fused-ring (bicyclic) bond motifs is 1. The van der Waals surface area contributed by atoms with Crippen LogP contribution in [0.25, 0.3) is 0 Å². The van der Waals surface area contributed by atoms with Gasteiger partial charge in [-0.15, -0.1) is 0 Å². The van der Waals surface area contributed by atoms with Gasteiger partial charge in [0.2, 0.25) is 11.8 Å². The lowest BCUT2D eigenvalue weighted by molar-refractivity contribution is -0.137. The van der Waals surface area contributed by atoms with Crippen molar-refractivity contribution in [3.05, 3.63) is 57.6 Å². The number of carbonyl (C=O) groups excluding carboxylic acids is 2.